The number of nitrogens with zero attached hydrogens (tertiary/aromatic N) is 4. The highest BCUT2D eigenvalue weighted by molar-refractivity contribution is 5.96. The number of fused-ring (bicyclic) bond motifs is 1. The third-order valence-corrected chi connectivity index (χ3v) is 6.21. The van der Waals surface area contributed by atoms with Crippen LogP contribution in [-0.2, 0) is 11.0 Å². The molecule has 3 atom stereocenters. The van der Waals surface area contributed by atoms with Crippen LogP contribution in [0.1, 0.15) is 22.8 Å². The molecule has 3 heterocycles. The van der Waals surface area contributed by atoms with E-state index in [2.05, 4.69) is 15.4 Å². The van der Waals surface area contributed by atoms with Crippen LogP contribution >= 0.6 is 0 Å². The molecule has 4 rings (SSSR count). The summed E-state index contributed by atoms with van der Waals surface area (Å²) in [6.45, 7) is -1.37. The van der Waals surface area contributed by atoms with Crippen molar-refractivity contribution >= 4 is 23.1 Å². The Labute approximate surface area is 213 Å². The molecule has 1 aliphatic rings. The summed E-state index contributed by atoms with van der Waals surface area (Å²) in [5.74, 6) is -4.48. The Bertz CT molecular complexity index is 1450. The summed E-state index contributed by atoms with van der Waals surface area (Å²) in [7, 11) is 0. The second-order valence-corrected chi connectivity index (χ2v) is 8.92. The lowest BCUT2D eigenvalue weighted by Gasteiger charge is -2.29. The zero-order chi connectivity index (χ0) is 29.1. The fraction of sp³-hybridized carbons (Fsp3) is 0.364. The van der Waals surface area contributed by atoms with Gasteiger partial charge in [0, 0.05) is 17.7 Å². The van der Waals surface area contributed by atoms with Crippen LogP contribution in [0.25, 0.3) is 16.8 Å². The monoisotopic (exact) mass is 566 g/mol. The van der Waals surface area contributed by atoms with E-state index in [9.17, 15) is 49.8 Å². The summed E-state index contributed by atoms with van der Waals surface area (Å²) in [4.78, 5) is 28.8. The average molecular weight is 566 g/mol. The van der Waals surface area contributed by atoms with Crippen molar-refractivity contribution in [3.05, 3.63) is 47.5 Å². The topological polar surface area (TPSA) is 126 Å². The zero-order valence-corrected chi connectivity index (χ0v) is 19.6. The molecule has 0 bridgehead atoms. The third kappa shape index (κ3) is 4.93. The smallest absolute Gasteiger partial charge is 0.382 e. The van der Waals surface area contributed by atoms with E-state index in [1.54, 1.807) is 0 Å². The quantitative estimate of drug-likeness (QED) is 0.417. The summed E-state index contributed by atoms with van der Waals surface area (Å²) in [6, 6.07) is 1.63. The van der Waals surface area contributed by atoms with Gasteiger partial charge in [0.05, 0.1) is 23.8 Å². The van der Waals surface area contributed by atoms with Crippen LogP contribution in [0.2, 0.25) is 0 Å². The Hall–Kier alpha value is -4.02. The maximum absolute atomic E-state index is 14.7. The van der Waals surface area contributed by atoms with E-state index >= 15 is 0 Å². The molecule has 0 radical (unpaired) electrons. The molecule has 0 saturated carbocycles. The van der Waals surface area contributed by atoms with E-state index in [0.717, 1.165) is 24.5 Å². The van der Waals surface area contributed by atoms with Gasteiger partial charge in [0.2, 0.25) is 5.60 Å². The molecular formula is C22H18F8N6O3. The summed E-state index contributed by atoms with van der Waals surface area (Å²) < 4.78 is 110. The van der Waals surface area contributed by atoms with E-state index in [-0.39, 0.29) is 12.5 Å². The van der Waals surface area contributed by atoms with Crippen molar-refractivity contribution in [2.45, 2.75) is 37.1 Å². The minimum absolute atomic E-state index is 0.211. The van der Waals surface area contributed by atoms with Crippen molar-refractivity contribution in [3.8, 4) is 11.3 Å². The van der Waals surface area contributed by atoms with Crippen molar-refractivity contribution < 1.29 is 49.8 Å². The molecule has 17 heteroatoms. The maximum atomic E-state index is 14.7. The Morgan fingerprint density at radius 2 is 1.79 bits per heavy atom. The number of alkyl halides is 7. The highest BCUT2D eigenvalue weighted by Crippen LogP contribution is 2.39. The predicted molar refractivity (Wildman–Crippen MR) is 117 cm³/mol. The SMILES string of the molecule is CC(O)(C(=O)N1C[C@H](F)[C@H](NC(=O)c2ccc(F)c(-c3cc(C(F)(F)F)c4c(N)ncnn34)c2)C1)C(F)(F)F. The first-order valence-electron chi connectivity index (χ1n) is 11.0. The van der Waals surface area contributed by atoms with Crippen LogP contribution in [0.4, 0.5) is 40.9 Å². The fourth-order valence-corrected chi connectivity index (χ4v) is 4.09. The number of hydrogen-bond donors (Lipinski definition) is 3. The van der Waals surface area contributed by atoms with Crippen LogP contribution in [0.3, 0.4) is 0 Å². The number of likely N-dealkylation sites (tertiary alicyclic amines) is 1. The molecule has 1 aliphatic heterocycles. The molecule has 1 aromatic carbocycles. The van der Waals surface area contributed by atoms with Gasteiger partial charge in [-0.15, -0.1) is 0 Å². The second kappa shape index (κ2) is 9.32. The van der Waals surface area contributed by atoms with Gasteiger partial charge in [-0.25, -0.2) is 18.3 Å². The minimum Gasteiger partial charge on any atom is -0.382 e. The molecule has 9 nitrogen and oxygen atoms in total. The van der Waals surface area contributed by atoms with Gasteiger partial charge >= 0.3 is 12.4 Å². The largest absolute Gasteiger partial charge is 0.426 e. The third-order valence-electron chi connectivity index (χ3n) is 6.21. The van der Waals surface area contributed by atoms with Crippen molar-refractivity contribution in [2.75, 3.05) is 18.8 Å². The van der Waals surface area contributed by atoms with Gasteiger partial charge in [-0.2, -0.15) is 31.4 Å². The predicted octanol–water partition coefficient (Wildman–Crippen LogP) is 2.73. The number of aromatic nitrogens is 3. The minimum atomic E-state index is -5.34. The van der Waals surface area contributed by atoms with Crippen LogP contribution in [0.5, 0.6) is 0 Å². The van der Waals surface area contributed by atoms with Gasteiger partial charge in [-0.1, -0.05) is 0 Å². The van der Waals surface area contributed by atoms with E-state index in [4.69, 9.17) is 5.73 Å². The van der Waals surface area contributed by atoms with Gasteiger partial charge in [0.25, 0.3) is 11.8 Å². The number of nitrogens with one attached hydrogen (secondary N) is 1. The molecule has 4 N–H and O–H groups in total. The molecule has 210 valence electrons. The van der Waals surface area contributed by atoms with Crippen LogP contribution in [0, 0.1) is 5.82 Å². The van der Waals surface area contributed by atoms with Crippen LogP contribution in [0.15, 0.2) is 30.6 Å². The first-order valence-corrected chi connectivity index (χ1v) is 11.0. The van der Waals surface area contributed by atoms with Crippen LogP contribution in [-0.4, -0.2) is 73.5 Å². The summed E-state index contributed by atoms with van der Waals surface area (Å²) in [5, 5.41) is 15.4. The molecule has 2 amide bonds. The van der Waals surface area contributed by atoms with Gasteiger partial charge < -0.3 is 21.1 Å². The van der Waals surface area contributed by atoms with Crippen molar-refractivity contribution in [2.24, 2.45) is 0 Å². The molecule has 1 unspecified atom stereocenters. The first kappa shape index (κ1) is 28.0. The van der Waals surface area contributed by atoms with Crippen molar-refractivity contribution in [3.63, 3.8) is 0 Å². The number of hydrogen-bond acceptors (Lipinski definition) is 6. The standard InChI is InChI=1S/C22H18F8N6O3/c1-20(39,22(28,29)30)19(38)35-6-13(24)14(7-35)34-18(37)9-2-3-12(23)10(4-9)15-5-11(21(25,26)27)16-17(31)32-8-33-36(15)16/h2-5,8,13-14,39H,6-7H2,1H3,(H,34,37)(H2,31,32,33)/t13-,14+,20?/m0/s1. The highest BCUT2D eigenvalue weighted by Gasteiger charge is 2.58. The maximum Gasteiger partial charge on any atom is 0.426 e. The molecule has 1 saturated heterocycles. The van der Waals surface area contributed by atoms with E-state index < -0.39 is 89.0 Å². The number of carbonyl (C=O) groups excluding carboxylic acids is 2. The van der Waals surface area contributed by atoms with Crippen molar-refractivity contribution in [1.82, 2.24) is 24.8 Å². The van der Waals surface area contributed by atoms with Crippen LogP contribution < -0.4 is 11.1 Å². The normalized spacial score (nSPS) is 19.8. The lowest BCUT2D eigenvalue weighted by atomic mass is 10.1. The number of anilines is 1. The van der Waals surface area contributed by atoms with Crippen molar-refractivity contribution in [1.29, 1.82) is 0 Å². The van der Waals surface area contributed by atoms with E-state index in [1.165, 1.54) is 0 Å². The van der Waals surface area contributed by atoms with Gasteiger partial charge in [-0.05, 0) is 31.2 Å². The molecule has 3 aromatic rings. The molecular weight excluding hydrogens is 548 g/mol. The lowest BCUT2D eigenvalue weighted by Crippen LogP contribution is -2.56. The Kier molecular flexibility index (Phi) is 6.69. The Morgan fingerprint density at radius 1 is 1.13 bits per heavy atom. The zero-order valence-electron chi connectivity index (χ0n) is 19.6. The second-order valence-electron chi connectivity index (χ2n) is 8.92. The molecule has 39 heavy (non-hydrogen) atoms. The Balaban J connectivity index is 1.62. The lowest BCUT2D eigenvalue weighted by molar-refractivity contribution is -0.249. The number of halogens is 8. The number of carbonyl (C=O) groups is 2. The number of rotatable bonds is 4. The van der Waals surface area contributed by atoms with Gasteiger partial charge in [0.1, 0.15) is 23.8 Å². The van der Waals surface area contributed by atoms with Gasteiger partial charge in [0.15, 0.2) is 5.82 Å². The summed E-state index contributed by atoms with van der Waals surface area (Å²) >= 11 is 0. The van der Waals surface area contributed by atoms with E-state index in [1.807, 2.05) is 0 Å². The first-order chi connectivity index (χ1) is 17.9. The highest BCUT2D eigenvalue weighted by atomic mass is 19.4. The molecule has 0 spiro atoms. The molecule has 1 fully saturated rings. The number of amides is 2. The summed E-state index contributed by atoms with van der Waals surface area (Å²) in [5.41, 5.74) is -1.43. The van der Waals surface area contributed by atoms with Gasteiger partial charge in [-0.3, -0.25) is 9.59 Å². The number of aliphatic hydroxyl groups is 1. The molecule has 2 aromatic heterocycles. The summed E-state index contributed by atoms with van der Waals surface area (Å²) in [6.07, 6.45) is -11.4. The molecule has 0 aliphatic carbocycles. The number of nitrogens with two attached hydrogens (primary N) is 1. The fourth-order valence-electron chi connectivity index (χ4n) is 4.09. The average Bonchev–Trinajstić information content (AvgIpc) is 3.40. The number of benzene rings is 1. The number of nitrogen functional groups attached to an aromatic ring is 1. The van der Waals surface area contributed by atoms with E-state index in [0.29, 0.717) is 15.5 Å². The Morgan fingerprint density at radius 3 is 2.41 bits per heavy atom.